The first-order chi connectivity index (χ1) is 26.3. The van der Waals surface area contributed by atoms with Crippen molar-refractivity contribution in [1.29, 1.82) is 0 Å². The zero-order chi connectivity index (χ0) is 39.8. The van der Waals surface area contributed by atoms with Gasteiger partial charge in [0.2, 0.25) is 17.7 Å². The van der Waals surface area contributed by atoms with E-state index in [2.05, 4.69) is 21.3 Å². The number of fused-ring (bicyclic) bond motifs is 2. The molecule has 0 spiro atoms. The molecule has 5 rings (SSSR count). The molecule has 55 heavy (non-hydrogen) atoms. The van der Waals surface area contributed by atoms with Crippen LogP contribution in [-0.4, -0.2) is 119 Å². The molecule has 3 aliphatic rings. The van der Waals surface area contributed by atoms with Crippen molar-refractivity contribution in [2.75, 3.05) is 19.6 Å². The Labute approximate surface area is 318 Å². The van der Waals surface area contributed by atoms with Crippen LogP contribution in [0.4, 0.5) is 0 Å². The number of likely N-dealkylation sites (tertiary alicyclic amines) is 1. The molecule has 5 atom stereocenters. The highest BCUT2D eigenvalue weighted by molar-refractivity contribution is 6.62. The van der Waals surface area contributed by atoms with Gasteiger partial charge in [-0.3, -0.25) is 24.0 Å². The van der Waals surface area contributed by atoms with Gasteiger partial charge in [0.05, 0.1) is 19.3 Å². The number of rotatable bonds is 17. The van der Waals surface area contributed by atoms with E-state index in [1.54, 1.807) is 24.3 Å². The van der Waals surface area contributed by atoms with Gasteiger partial charge in [0, 0.05) is 36.7 Å². The first kappa shape index (κ1) is 41.4. The lowest BCUT2D eigenvalue weighted by molar-refractivity contribution is -0.147. The molecule has 294 valence electrons. The fourth-order valence-corrected chi connectivity index (χ4v) is 6.99. The number of hydrogen-bond acceptors (Lipinski definition) is 11. The first-order valence-electron chi connectivity index (χ1n) is 18.5. The SMILES string of the molecule is CC[C@@H](CCCCNC(=O)[C@@H](CNC(=O)c1ccc2c(c1)B(O)OC2)NC(=O)c1ccc2c(c1)B(O)OC2)C(=O)N1CCC[C@H]1C(=O)N[C@H](C(=O)O)[C@@H](C)O. The Morgan fingerprint density at radius 2 is 1.51 bits per heavy atom. The Morgan fingerprint density at radius 3 is 2.09 bits per heavy atom. The van der Waals surface area contributed by atoms with Gasteiger partial charge in [-0.1, -0.05) is 25.5 Å². The van der Waals surface area contributed by atoms with Gasteiger partial charge in [-0.15, -0.1) is 0 Å². The molecule has 8 N–H and O–H groups in total. The highest BCUT2D eigenvalue weighted by atomic mass is 16.5. The zero-order valence-electron chi connectivity index (χ0n) is 30.8. The van der Waals surface area contributed by atoms with E-state index in [-0.39, 0.29) is 43.3 Å². The van der Waals surface area contributed by atoms with Gasteiger partial charge in [0.15, 0.2) is 6.04 Å². The molecule has 0 unspecified atom stereocenters. The summed E-state index contributed by atoms with van der Waals surface area (Å²) >= 11 is 0. The van der Waals surface area contributed by atoms with E-state index in [1.165, 1.54) is 24.0 Å². The second-order valence-corrected chi connectivity index (χ2v) is 14.0. The van der Waals surface area contributed by atoms with E-state index in [0.29, 0.717) is 56.0 Å². The van der Waals surface area contributed by atoms with Gasteiger partial charge < -0.3 is 55.7 Å². The Hall–Kier alpha value is -4.81. The van der Waals surface area contributed by atoms with Crippen molar-refractivity contribution >= 4 is 60.7 Å². The summed E-state index contributed by atoms with van der Waals surface area (Å²) in [5.41, 5.74) is 2.80. The lowest BCUT2D eigenvalue weighted by Crippen LogP contribution is -2.54. The number of nitrogens with zero attached hydrogens (tertiary/aromatic N) is 1. The molecule has 19 heteroatoms. The molecule has 1 fully saturated rings. The van der Waals surface area contributed by atoms with Crippen molar-refractivity contribution < 1.29 is 58.3 Å². The fraction of sp³-hybridized carbons (Fsp3) is 0.500. The van der Waals surface area contributed by atoms with Gasteiger partial charge >= 0.3 is 20.2 Å². The van der Waals surface area contributed by atoms with Crippen molar-refractivity contribution in [2.45, 2.75) is 89.8 Å². The number of unbranched alkanes of at least 4 members (excludes halogenated alkanes) is 1. The normalized spacial score (nSPS) is 18.1. The third-order valence-electron chi connectivity index (χ3n) is 10.2. The minimum atomic E-state index is -1.50. The molecular weight excluding hydrogens is 716 g/mol. The molecule has 2 aromatic carbocycles. The van der Waals surface area contributed by atoms with Gasteiger partial charge in [-0.05, 0) is 85.3 Å². The Kier molecular flexibility index (Phi) is 14.0. The summed E-state index contributed by atoms with van der Waals surface area (Å²) in [6.07, 6.45) is 1.61. The number of carboxylic acid groups (broad SMARTS) is 1. The Morgan fingerprint density at radius 1 is 0.891 bits per heavy atom. The third-order valence-corrected chi connectivity index (χ3v) is 10.2. The van der Waals surface area contributed by atoms with Crippen LogP contribution in [0.25, 0.3) is 0 Å². The number of carbonyl (C=O) groups is 6. The monoisotopic (exact) mass is 763 g/mol. The van der Waals surface area contributed by atoms with Crippen molar-refractivity contribution in [2.24, 2.45) is 5.92 Å². The maximum atomic E-state index is 13.5. The van der Waals surface area contributed by atoms with Crippen molar-refractivity contribution in [3.8, 4) is 0 Å². The molecule has 3 aliphatic heterocycles. The van der Waals surface area contributed by atoms with Crippen LogP contribution in [-0.2, 0) is 41.7 Å². The zero-order valence-corrected chi connectivity index (χ0v) is 30.8. The largest absolute Gasteiger partial charge is 0.491 e. The minimum Gasteiger partial charge on any atom is -0.480 e. The maximum Gasteiger partial charge on any atom is 0.491 e. The summed E-state index contributed by atoms with van der Waals surface area (Å²) in [5.74, 6) is -4.36. The highest BCUT2D eigenvalue weighted by Crippen LogP contribution is 2.24. The molecule has 17 nitrogen and oxygen atoms in total. The highest BCUT2D eigenvalue weighted by Gasteiger charge is 2.39. The second kappa shape index (κ2) is 18.7. The standard InChI is InChI=1S/C36H47B2N5O12/c1-3-21(35(49)43-14-6-8-29(43)34(48)42-30(20(2)44)36(50)51)7-4-5-13-39-33(47)28(41-32(46)23-10-12-25-19-55-38(53)27(25)16-23)17-40-31(45)22-9-11-24-18-54-37(52)26(24)15-22/h9-12,15-16,20-21,28-30,44,52-53H,3-8,13-14,17-19H2,1-2H3,(H,39,47)(H,40,45)(H,41,46)(H,42,48)(H,50,51)/t20-,21+,28-,29+,30+/m1/s1. The average Bonchev–Trinajstić information content (AvgIpc) is 3.91. The molecule has 2 aromatic rings. The molecule has 0 aliphatic carbocycles. The summed E-state index contributed by atoms with van der Waals surface area (Å²) in [5, 5.41) is 49.8. The van der Waals surface area contributed by atoms with Crippen LogP contribution in [0.1, 0.15) is 84.2 Å². The summed E-state index contributed by atoms with van der Waals surface area (Å²) in [6, 6.07) is 5.90. The quantitative estimate of drug-likeness (QED) is 0.0638. The summed E-state index contributed by atoms with van der Waals surface area (Å²) < 4.78 is 10.4. The summed E-state index contributed by atoms with van der Waals surface area (Å²) in [6.45, 7) is 3.81. The molecule has 0 aromatic heterocycles. The van der Waals surface area contributed by atoms with Crippen LogP contribution in [0.3, 0.4) is 0 Å². The van der Waals surface area contributed by atoms with Crippen LogP contribution < -0.4 is 32.2 Å². The topological polar surface area (TPSA) is 253 Å². The van der Waals surface area contributed by atoms with Crippen LogP contribution in [0.2, 0.25) is 0 Å². The predicted octanol–water partition coefficient (Wildman–Crippen LogP) is -2.10. The van der Waals surface area contributed by atoms with Crippen LogP contribution in [0.5, 0.6) is 0 Å². The average molecular weight is 763 g/mol. The lowest BCUT2D eigenvalue weighted by Gasteiger charge is -2.29. The molecule has 0 radical (unpaired) electrons. The number of aliphatic hydroxyl groups excluding tert-OH is 1. The molecular formula is C36H47B2N5O12. The minimum absolute atomic E-state index is 0.178. The first-order valence-corrected chi connectivity index (χ1v) is 18.5. The Bertz CT molecular complexity index is 1780. The van der Waals surface area contributed by atoms with E-state index in [9.17, 15) is 49.0 Å². The van der Waals surface area contributed by atoms with E-state index in [0.717, 1.165) is 11.1 Å². The molecule has 0 saturated carbocycles. The van der Waals surface area contributed by atoms with E-state index >= 15 is 0 Å². The lowest BCUT2D eigenvalue weighted by atomic mass is 9.78. The van der Waals surface area contributed by atoms with Crippen LogP contribution in [0, 0.1) is 5.92 Å². The van der Waals surface area contributed by atoms with Crippen molar-refractivity contribution in [3.05, 3.63) is 58.7 Å². The van der Waals surface area contributed by atoms with Crippen molar-refractivity contribution in [3.63, 3.8) is 0 Å². The fourth-order valence-electron chi connectivity index (χ4n) is 6.99. The maximum absolute atomic E-state index is 13.5. The number of hydrogen-bond donors (Lipinski definition) is 8. The number of benzene rings is 2. The van der Waals surface area contributed by atoms with Gasteiger partial charge in [-0.25, -0.2) is 4.79 Å². The van der Waals surface area contributed by atoms with Gasteiger partial charge in [-0.2, -0.15) is 0 Å². The van der Waals surface area contributed by atoms with Gasteiger partial charge in [0.1, 0.15) is 12.1 Å². The number of carbonyl (C=O) groups excluding carboxylic acids is 5. The van der Waals surface area contributed by atoms with Crippen LogP contribution >= 0.6 is 0 Å². The van der Waals surface area contributed by atoms with E-state index in [1.807, 2.05) is 6.92 Å². The number of nitrogens with one attached hydrogen (secondary N) is 4. The Balaban J connectivity index is 1.16. The van der Waals surface area contributed by atoms with Crippen LogP contribution in [0.15, 0.2) is 36.4 Å². The van der Waals surface area contributed by atoms with Crippen molar-refractivity contribution in [1.82, 2.24) is 26.2 Å². The summed E-state index contributed by atoms with van der Waals surface area (Å²) in [4.78, 5) is 79.2. The number of carboxylic acids is 1. The third kappa shape index (κ3) is 10.1. The van der Waals surface area contributed by atoms with Gasteiger partial charge in [0.25, 0.3) is 11.8 Å². The smallest absolute Gasteiger partial charge is 0.480 e. The van der Waals surface area contributed by atoms with E-state index in [4.69, 9.17) is 9.31 Å². The molecule has 3 heterocycles. The molecule has 0 bridgehead atoms. The summed E-state index contributed by atoms with van der Waals surface area (Å²) in [7, 11) is -2.33. The number of aliphatic hydroxyl groups is 1. The number of aliphatic carboxylic acids is 1. The molecule has 5 amide bonds. The predicted molar refractivity (Wildman–Crippen MR) is 198 cm³/mol. The molecule has 1 saturated heterocycles. The number of amides is 5. The second-order valence-electron chi connectivity index (χ2n) is 14.0. The van der Waals surface area contributed by atoms with E-state index < -0.39 is 74.0 Å².